The number of rotatable bonds is 4. The highest BCUT2D eigenvalue weighted by Crippen LogP contribution is 2.16. The fourth-order valence-electron chi connectivity index (χ4n) is 2.38. The van der Waals surface area contributed by atoms with Crippen molar-refractivity contribution in [1.29, 1.82) is 0 Å². The van der Waals surface area contributed by atoms with Gasteiger partial charge in [0.05, 0.1) is 6.54 Å². The van der Waals surface area contributed by atoms with Gasteiger partial charge in [-0.15, -0.1) is 0 Å². The first-order valence-corrected chi connectivity index (χ1v) is 6.12. The molecule has 1 aromatic carbocycles. The summed E-state index contributed by atoms with van der Waals surface area (Å²) in [5.74, 6) is 0.529. The second-order valence-electron chi connectivity index (χ2n) is 4.81. The Labute approximate surface area is 102 Å². The minimum Gasteiger partial charge on any atom is -0.396 e. The maximum absolute atomic E-state index is 12.1. The van der Waals surface area contributed by atoms with Crippen molar-refractivity contribution in [2.45, 2.75) is 13.3 Å². The highest BCUT2D eigenvalue weighted by molar-refractivity contribution is 5.98. The lowest BCUT2D eigenvalue weighted by Gasteiger charge is -2.15. The van der Waals surface area contributed by atoms with Gasteiger partial charge in [-0.2, -0.15) is 0 Å². The molecule has 3 nitrogen and oxygen atoms in total. The maximum Gasteiger partial charge on any atom is 0.177 e. The zero-order valence-electron chi connectivity index (χ0n) is 10.2. The van der Waals surface area contributed by atoms with Crippen LogP contribution in [0.15, 0.2) is 24.3 Å². The summed E-state index contributed by atoms with van der Waals surface area (Å²) in [6.45, 7) is 4.43. The largest absolute Gasteiger partial charge is 0.396 e. The molecule has 92 valence electrons. The van der Waals surface area contributed by atoms with Crippen molar-refractivity contribution >= 4 is 5.78 Å². The summed E-state index contributed by atoms with van der Waals surface area (Å²) in [7, 11) is 0. The molecule has 1 aliphatic rings. The lowest BCUT2D eigenvalue weighted by molar-refractivity contribution is 0.0939. The Hall–Kier alpha value is -1.19. The number of hydrogen-bond donors (Lipinski definition) is 1. The molecule has 1 fully saturated rings. The van der Waals surface area contributed by atoms with E-state index in [4.69, 9.17) is 5.11 Å². The van der Waals surface area contributed by atoms with Gasteiger partial charge >= 0.3 is 0 Å². The predicted molar refractivity (Wildman–Crippen MR) is 67.1 cm³/mol. The fraction of sp³-hybridized carbons (Fsp3) is 0.500. The number of aliphatic hydroxyl groups excluding tert-OH is 1. The van der Waals surface area contributed by atoms with E-state index in [1.807, 2.05) is 31.2 Å². The van der Waals surface area contributed by atoms with Crippen molar-refractivity contribution < 1.29 is 9.90 Å². The molecule has 0 aromatic heterocycles. The summed E-state index contributed by atoms with van der Waals surface area (Å²) >= 11 is 0. The van der Waals surface area contributed by atoms with E-state index < -0.39 is 0 Å². The molecule has 1 aromatic rings. The van der Waals surface area contributed by atoms with Crippen LogP contribution in [-0.4, -0.2) is 42.0 Å². The second kappa shape index (κ2) is 5.43. The number of hydrogen-bond acceptors (Lipinski definition) is 3. The van der Waals surface area contributed by atoms with Crippen LogP contribution < -0.4 is 0 Å². The van der Waals surface area contributed by atoms with Gasteiger partial charge < -0.3 is 5.11 Å². The van der Waals surface area contributed by atoms with Crippen LogP contribution in [0, 0.1) is 12.8 Å². The van der Waals surface area contributed by atoms with Crippen LogP contribution in [0.4, 0.5) is 0 Å². The van der Waals surface area contributed by atoms with Crippen LogP contribution >= 0.6 is 0 Å². The number of likely N-dealkylation sites (tertiary alicyclic amines) is 1. The molecule has 1 aliphatic heterocycles. The number of benzene rings is 1. The Bertz CT molecular complexity index is 403. The smallest absolute Gasteiger partial charge is 0.177 e. The molecular weight excluding hydrogens is 214 g/mol. The first kappa shape index (κ1) is 12.3. The van der Waals surface area contributed by atoms with Crippen LogP contribution in [0.5, 0.6) is 0 Å². The number of aliphatic hydroxyl groups is 1. The van der Waals surface area contributed by atoms with E-state index in [-0.39, 0.29) is 12.4 Å². The Balaban J connectivity index is 1.96. The van der Waals surface area contributed by atoms with E-state index in [1.165, 1.54) is 0 Å². The van der Waals surface area contributed by atoms with Crippen LogP contribution in [0.25, 0.3) is 0 Å². The highest BCUT2D eigenvalue weighted by atomic mass is 16.3. The molecule has 0 amide bonds. The minimum absolute atomic E-state index is 0.182. The lowest BCUT2D eigenvalue weighted by atomic mass is 10.0. The average Bonchev–Trinajstić information content (AvgIpc) is 2.77. The third-order valence-electron chi connectivity index (χ3n) is 3.44. The van der Waals surface area contributed by atoms with Gasteiger partial charge in [0.25, 0.3) is 0 Å². The molecule has 0 aliphatic carbocycles. The number of ketones is 1. The van der Waals surface area contributed by atoms with E-state index in [0.29, 0.717) is 12.5 Å². The maximum atomic E-state index is 12.1. The summed E-state index contributed by atoms with van der Waals surface area (Å²) in [6, 6.07) is 7.70. The van der Waals surface area contributed by atoms with Crippen LogP contribution in [0.1, 0.15) is 22.3 Å². The molecule has 1 N–H and O–H groups in total. The van der Waals surface area contributed by atoms with Gasteiger partial charge in [0.15, 0.2) is 5.78 Å². The molecule has 1 saturated heterocycles. The summed E-state index contributed by atoms with van der Waals surface area (Å²) in [5, 5.41) is 9.07. The number of carbonyl (C=O) groups excluding carboxylic acids is 1. The molecule has 0 bridgehead atoms. The van der Waals surface area contributed by atoms with Gasteiger partial charge in [-0.3, -0.25) is 9.69 Å². The average molecular weight is 233 g/mol. The zero-order chi connectivity index (χ0) is 12.3. The topological polar surface area (TPSA) is 40.5 Å². The summed E-state index contributed by atoms with van der Waals surface area (Å²) in [5.41, 5.74) is 1.86. The fourth-order valence-corrected chi connectivity index (χ4v) is 2.38. The Kier molecular flexibility index (Phi) is 3.92. The Morgan fingerprint density at radius 3 is 2.88 bits per heavy atom. The molecule has 1 atom stereocenters. The normalized spacial score (nSPS) is 20.7. The summed E-state index contributed by atoms with van der Waals surface area (Å²) in [4.78, 5) is 14.2. The molecule has 0 saturated carbocycles. The molecule has 17 heavy (non-hydrogen) atoms. The third-order valence-corrected chi connectivity index (χ3v) is 3.44. The SMILES string of the molecule is Cc1ccccc1C(=O)CN1CCC(CO)C1. The first-order valence-electron chi connectivity index (χ1n) is 6.12. The quantitative estimate of drug-likeness (QED) is 0.801. The van der Waals surface area contributed by atoms with Gasteiger partial charge in [-0.25, -0.2) is 0 Å². The predicted octanol–water partition coefficient (Wildman–Crippen LogP) is 1.49. The number of nitrogens with zero attached hydrogens (tertiary/aromatic N) is 1. The van der Waals surface area contributed by atoms with Crippen LogP contribution in [-0.2, 0) is 0 Å². The van der Waals surface area contributed by atoms with Crippen molar-refractivity contribution in [2.24, 2.45) is 5.92 Å². The minimum atomic E-state index is 0.182. The van der Waals surface area contributed by atoms with Gasteiger partial charge in [0, 0.05) is 18.7 Å². The van der Waals surface area contributed by atoms with Crippen molar-refractivity contribution in [3.05, 3.63) is 35.4 Å². The summed E-state index contributed by atoms with van der Waals surface area (Å²) in [6.07, 6.45) is 0.998. The van der Waals surface area contributed by atoms with Gasteiger partial charge in [0.2, 0.25) is 0 Å². The highest BCUT2D eigenvalue weighted by Gasteiger charge is 2.23. The van der Waals surface area contributed by atoms with Crippen molar-refractivity contribution in [2.75, 3.05) is 26.2 Å². The molecular formula is C14H19NO2. The van der Waals surface area contributed by atoms with Crippen molar-refractivity contribution in [1.82, 2.24) is 4.90 Å². The third kappa shape index (κ3) is 2.93. The van der Waals surface area contributed by atoms with E-state index >= 15 is 0 Å². The monoisotopic (exact) mass is 233 g/mol. The zero-order valence-corrected chi connectivity index (χ0v) is 10.2. The van der Waals surface area contributed by atoms with E-state index in [9.17, 15) is 4.79 Å². The van der Waals surface area contributed by atoms with Crippen LogP contribution in [0.2, 0.25) is 0 Å². The van der Waals surface area contributed by atoms with E-state index in [2.05, 4.69) is 4.90 Å². The number of carbonyl (C=O) groups is 1. The van der Waals surface area contributed by atoms with E-state index in [1.54, 1.807) is 0 Å². The van der Waals surface area contributed by atoms with E-state index in [0.717, 1.165) is 30.6 Å². The van der Waals surface area contributed by atoms with Gasteiger partial charge in [-0.1, -0.05) is 24.3 Å². The van der Waals surface area contributed by atoms with Gasteiger partial charge in [0.1, 0.15) is 0 Å². The molecule has 0 radical (unpaired) electrons. The number of aryl methyl sites for hydroxylation is 1. The van der Waals surface area contributed by atoms with Crippen LogP contribution in [0.3, 0.4) is 0 Å². The lowest BCUT2D eigenvalue weighted by Crippen LogP contribution is -2.28. The number of Topliss-reactive ketones (excluding diaryl/α,β-unsaturated/α-hetero) is 1. The molecule has 3 heteroatoms. The van der Waals surface area contributed by atoms with Gasteiger partial charge in [-0.05, 0) is 31.4 Å². The molecule has 2 rings (SSSR count). The van der Waals surface area contributed by atoms with Crippen molar-refractivity contribution in [3.63, 3.8) is 0 Å². The summed E-state index contributed by atoms with van der Waals surface area (Å²) < 4.78 is 0. The van der Waals surface area contributed by atoms with Crippen molar-refractivity contribution in [3.8, 4) is 0 Å². The Morgan fingerprint density at radius 2 is 2.24 bits per heavy atom. The standard InChI is InChI=1S/C14H19NO2/c1-11-4-2-3-5-13(11)14(17)9-15-7-6-12(8-15)10-16/h2-5,12,16H,6-10H2,1H3. The molecule has 1 unspecified atom stereocenters. The molecule has 1 heterocycles. The second-order valence-corrected chi connectivity index (χ2v) is 4.81. The first-order chi connectivity index (χ1) is 8.20. The Morgan fingerprint density at radius 1 is 1.47 bits per heavy atom. The molecule has 0 spiro atoms.